The number of aromatic amines is 1. The highest BCUT2D eigenvalue weighted by Gasteiger charge is 2.09. The normalized spacial score (nSPS) is 10.9. The summed E-state index contributed by atoms with van der Waals surface area (Å²) in [5.41, 5.74) is 2.27. The Bertz CT molecular complexity index is 765. The fourth-order valence-corrected chi connectivity index (χ4v) is 2.14. The number of phenolic OH excluding ortho intramolecular Hbond substituents is 1. The second-order valence-electron chi connectivity index (χ2n) is 4.72. The first-order valence-corrected chi connectivity index (χ1v) is 6.36. The molecule has 0 unspecified atom stereocenters. The molecule has 5 heteroatoms. The first-order valence-electron chi connectivity index (χ1n) is 6.36. The minimum atomic E-state index is 0.161. The Morgan fingerprint density at radius 2 is 2.15 bits per heavy atom. The first kappa shape index (κ1) is 12.5. The van der Waals surface area contributed by atoms with E-state index in [-0.39, 0.29) is 5.75 Å². The van der Waals surface area contributed by atoms with Crippen LogP contribution in [0.2, 0.25) is 0 Å². The average molecular weight is 269 g/mol. The molecule has 0 bridgehead atoms. The predicted molar refractivity (Wildman–Crippen MR) is 75.8 cm³/mol. The van der Waals surface area contributed by atoms with E-state index in [2.05, 4.69) is 15.0 Å². The molecule has 2 aromatic heterocycles. The summed E-state index contributed by atoms with van der Waals surface area (Å²) in [4.78, 5) is 11.6. The van der Waals surface area contributed by atoms with Gasteiger partial charge >= 0.3 is 0 Å². The van der Waals surface area contributed by atoms with Gasteiger partial charge in [-0.15, -0.1) is 0 Å². The summed E-state index contributed by atoms with van der Waals surface area (Å²) in [6.45, 7) is 4.17. The van der Waals surface area contributed by atoms with E-state index < -0.39 is 0 Å². The highest BCUT2D eigenvalue weighted by Crippen LogP contribution is 2.31. The average Bonchev–Trinajstić information content (AvgIpc) is 2.83. The zero-order valence-corrected chi connectivity index (χ0v) is 11.3. The minimum absolute atomic E-state index is 0.161. The van der Waals surface area contributed by atoms with Crippen LogP contribution in [0, 0.1) is 13.8 Å². The van der Waals surface area contributed by atoms with Gasteiger partial charge in [0, 0.05) is 17.1 Å². The monoisotopic (exact) mass is 269 g/mol. The van der Waals surface area contributed by atoms with E-state index >= 15 is 0 Å². The number of nitrogens with one attached hydrogen (secondary N) is 1. The number of imidazole rings is 1. The highest BCUT2D eigenvalue weighted by atomic mass is 16.5. The van der Waals surface area contributed by atoms with Gasteiger partial charge in [0.25, 0.3) is 0 Å². The van der Waals surface area contributed by atoms with Crippen LogP contribution in [-0.2, 0) is 6.61 Å². The minimum Gasteiger partial charge on any atom is -0.506 e. The maximum Gasteiger partial charge on any atom is 0.141 e. The van der Waals surface area contributed by atoms with E-state index in [0.717, 1.165) is 22.6 Å². The summed E-state index contributed by atoms with van der Waals surface area (Å²) < 4.78 is 5.83. The first-order chi connectivity index (χ1) is 9.63. The Hall–Kier alpha value is -2.56. The largest absolute Gasteiger partial charge is 0.506 e. The molecule has 0 amide bonds. The van der Waals surface area contributed by atoms with Crippen LogP contribution in [0.4, 0.5) is 0 Å². The second kappa shape index (κ2) is 4.85. The molecule has 2 N–H and O–H groups in total. The van der Waals surface area contributed by atoms with Crippen molar-refractivity contribution in [2.45, 2.75) is 20.5 Å². The summed E-state index contributed by atoms with van der Waals surface area (Å²) >= 11 is 0. The molecule has 1 aromatic carbocycles. The fraction of sp³-hybridized carbons (Fsp3) is 0.200. The Morgan fingerprint density at radius 1 is 1.30 bits per heavy atom. The molecular formula is C15H15N3O2. The number of aromatic hydroxyl groups is 1. The third kappa shape index (κ3) is 2.30. The standard InChI is InChI=1S/C15H15N3O2/c1-9-6-14(20-8-11-7-16-10(2)18-11)12-4-3-5-13(19)15(12)17-9/h3-7,19H,8H2,1-2H3,(H,16,18). The van der Waals surface area contributed by atoms with Gasteiger partial charge in [-0.2, -0.15) is 0 Å². The van der Waals surface area contributed by atoms with Crippen molar-refractivity contribution in [1.82, 2.24) is 15.0 Å². The van der Waals surface area contributed by atoms with Crippen LogP contribution in [0.1, 0.15) is 17.2 Å². The molecule has 0 atom stereocenters. The molecule has 2 heterocycles. The molecule has 0 saturated heterocycles. The van der Waals surface area contributed by atoms with Crippen LogP contribution in [0.5, 0.6) is 11.5 Å². The third-order valence-electron chi connectivity index (χ3n) is 3.05. The topological polar surface area (TPSA) is 71.0 Å². The van der Waals surface area contributed by atoms with Crippen molar-refractivity contribution >= 4 is 10.9 Å². The number of nitrogens with zero attached hydrogens (tertiary/aromatic N) is 2. The van der Waals surface area contributed by atoms with Gasteiger partial charge in [-0.1, -0.05) is 6.07 Å². The molecule has 0 aliphatic carbocycles. The van der Waals surface area contributed by atoms with E-state index in [0.29, 0.717) is 17.9 Å². The van der Waals surface area contributed by atoms with E-state index in [9.17, 15) is 5.11 Å². The van der Waals surface area contributed by atoms with Gasteiger partial charge in [0.2, 0.25) is 0 Å². The summed E-state index contributed by atoms with van der Waals surface area (Å²) in [6, 6.07) is 7.15. The van der Waals surface area contributed by atoms with Crippen LogP contribution in [0.15, 0.2) is 30.5 Å². The van der Waals surface area contributed by atoms with Crippen molar-refractivity contribution in [2.75, 3.05) is 0 Å². The molecule has 0 aliphatic rings. The molecule has 0 fully saturated rings. The smallest absolute Gasteiger partial charge is 0.141 e. The molecule has 0 spiro atoms. The molecule has 20 heavy (non-hydrogen) atoms. The lowest BCUT2D eigenvalue weighted by molar-refractivity contribution is 0.305. The lowest BCUT2D eigenvalue weighted by Crippen LogP contribution is -1.98. The number of phenols is 1. The van der Waals surface area contributed by atoms with Gasteiger partial charge in [0.1, 0.15) is 29.4 Å². The van der Waals surface area contributed by atoms with Crippen molar-refractivity contribution in [2.24, 2.45) is 0 Å². The van der Waals surface area contributed by atoms with Crippen LogP contribution in [-0.4, -0.2) is 20.1 Å². The molecule has 0 radical (unpaired) electrons. The third-order valence-corrected chi connectivity index (χ3v) is 3.05. The summed E-state index contributed by atoms with van der Waals surface area (Å²) in [7, 11) is 0. The van der Waals surface area contributed by atoms with Crippen LogP contribution < -0.4 is 4.74 Å². The lowest BCUT2D eigenvalue weighted by Gasteiger charge is -2.10. The number of pyridine rings is 1. The fourth-order valence-electron chi connectivity index (χ4n) is 2.14. The molecule has 0 aliphatic heterocycles. The maximum absolute atomic E-state index is 9.87. The van der Waals surface area contributed by atoms with Crippen LogP contribution in [0.3, 0.4) is 0 Å². The maximum atomic E-state index is 9.87. The zero-order valence-electron chi connectivity index (χ0n) is 11.3. The number of hydrogen-bond donors (Lipinski definition) is 2. The number of aryl methyl sites for hydroxylation is 2. The van der Waals surface area contributed by atoms with Crippen molar-refractivity contribution in [1.29, 1.82) is 0 Å². The number of para-hydroxylation sites is 1. The summed E-state index contributed by atoms with van der Waals surface area (Å²) in [6.07, 6.45) is 1.75. The van der Waals surface area contributed by atoms with E-state index in [1.807, 2.05) is 26.0 Å². The Morgan fingerprint density at radius 3 is 2.90 bits per heavy atom. The molecular weight excluding hydrogens is 254 g/mol. The molecule has 3 aromatic rings. The Labute approximate surface area is 116 Å². The van der Waals surface area contributed by atoms with Gasteiger partial charge in [-0.3, -0.25) is 0 Å². The van der Waals surface area contributed by atoms with E-state index in [1.54, 1.807) is 18.3 Å². The van der Waals surface area contributed by atoms with Crippen molar-refractivity contribution in [3.8, 4) is 11.5 Å². The molecule has 5 nitrogen and oxygen atoms in total. The quantitative estimate of drug-likeness (QED) is 0.767. The SMILES string of the molecule is Cc1cc(OCc2cnc(C)[nH]2)c2cccc(O)c2n1. The predicted octanol–water partition coefficient (Wildman–Crippen LogP) is 2.86. The number of benzene rings is 1. The number of H-pyrrole nitrogens is 1. The van der Waals surface area contributed by atoms with E-state index in [1.165, 1.54) is 0 Å². The van der Waals surface area contributed by atoms with Crippen molar-refractivity contribution in [3.63, 3.8) is 0 Å². The Kier molecular flexibility index (Phi) is 3.02. The zero-order chi connectivity index (χ0) is 14.1. The van der Waals surface area contributed by atoms with E-state index in [4.69, 9.17) is 4.74 Å². The molecule has 3 rings (SSSR count). The lowest BCUT2D eigenvalue weighted by atomic mass is 10.1. The van der Waals surface area contributed by atoms with Gasteiger partial charge in [-0.05, 0) is 26.0 Å². The van der Waals surface area contributed by atoms with Crippen molar-refractivity contribution < 1.29 is 9.84 Å². The Balaban J connectivity index is 1.96. The van der Waals surface area contributed by atoms with Crippen molar-refractivity contribution in [3.05, 3.63) is 47.7 Å². The highest BCUT2D eigenvalue weighted by molar-refractivity contribution is 5.89. The molecule has 0 saturated carbocycles. The number of ether oxygens (including phenoxy) is 1. The summed E-state index contributed by atoms with van der Waals surface area (Å²) in [5.74, 6) is 1.72. The van der Waals surface area contributed by atoms with Gasteiger partial charge in [-0.25, -0.2) is 9.97 Å². The number of hydrogen-bond acceptors (Lipinski definition) is 4. The number of rotatable bonds is 3. The second-order valence-corrected chi connectivity index (χ2v) is 4.72. The van der Waals surface area contributed by atoms with Crippen LogP contribution in [0.25, 0.3) is 10.9 Å². The van der Waals surface area contributed by atoms with Gasteiger partial charge in [0.15, 0.2) is 0 Å². The number of fused-ring (bicyclic) bond motifs is 1. The van der Waals surface area contributed by atoms with Gasteiger partial charge < -0.3 is 14.8 Å². The van der Waals surface area contributed by atoms with Crippen LogP contribution >= 0.6 is 0 Å². The van der Waals surface area contributed by atoms with Gasteiger partial charge in [0.05, 0.1) is 11.9 Å². The molecule has 102 valence electrons. The summed E-state index contributed by atoms with van der Waals surface area (Å²) in [5, 5.41) is 10.7. The number of aromatic nitrogens is 3.